The fourth-order valence-electron chi connectivity index (χ4n) is 3.64. The van der Waals surface area contributed by atoms with Crippen LogP contribution in [0.15, 0.2) is 0 Å². The lowest BCUT2D eigenvalue weighted by Crippen LogP contribution is -2.52. The summed E-state index contributed by atoms with van der Waals surface area (Å²) in [4.78, 5) is 0. The van der Waals surface area contributed by atoms with Crippen molar-refractivity contribution >= 4 is 0 Å². The maximum absolute atomic E-state index is 11.0. The minimum absolute atomic E-state index is 0.413. The molecule has 0 radical (unpaired) electrons. The fraction of sp³-hybridized carbons (Fsp3) is 0.933. The second-order valence-electron chi connectivity index (χ2n) is 6.09. The van der Waals surface area contributed by atoms with Gasteiger partial charge >= 0.3 is 0 Å². The van der Waals surface area contributed by atoms with Gasteiger partial charge in [-0.3, -0.25) is 0 Å². The highest BCUT2D eigenvalue weighted by Crippen LogP contribution is 2.47. The minimum atomic E-state index is -0.827. The van der Waals surface area contributed by atoms with Crippen molar-refractivity contribution in [3.63, 3.8) is 0 Å². The summed E-state index contributed by atoms with van der Waals surface area (Å²) in [5, 5.41) is 20.6. The molecular formula is C15H25NO2. The predicted molar refractivity (Wildman–Crippen MR) is 69.9 cm³/mol. The van der Waals surface area contributed by atoms with Crippen LogP contribution in [-0.2, 0) is 4.74 Å². The highest BCUT2D eigenvalue weighted by atomic mass is 16.5. The monoisotopic (exact) mass is 251 g/mol. The molecule has 0 bridgehead atoms. The van der Waals surface area contributed by atoms with Crippen LogP contribution in [0.3, 0.4) is 0 Å². The SMILES string of the molecule is CCC1CCCC(O)(C2(C#N)CCCOC2)CC1. The topological polar surface area (TPSA) is 53.2 Å². The van der Waals surface area contributed by atoms with Crippen LogP contribution in [-0.4, -0.2) is 23.9 Å². The van der Waals surface area contributed by atoms with Crippen LogP contribution in [0.1, 0.15) is 58.3 Å². The van der Waals surface area contributed by atoms with Crippen molar-refractivity contribution in [1.82, 2.24) is 0 Å². The van der Waals surface area contributed by atoms with E-state index in [4.69, 9.17) is 4.74 Å². The molecule has 1 heterocycles. The van der Waals surface area contributed by atoms with Gasteiger partial charge in [-0.2, -0.15) is 5.26 Å². The van der Waals surface area contributed by atoms with Crippen molar-refractivity contribution in [1.29, 1.82) is 5.26 Å². The van der Waals surface area contributed by atoms with Crippen LogP contribution in [0, 0.1) is 22.7 Å². The van der Waals surface area contributed by atoms with E-state index in [2.05, 4.69) is 13.0 Å². The molecule has 3 nitrogen and oxygen atoms in total. The summed E-state index contributed by atoms with van der Waals surface area (Å²) in [6, 6.07) is 2.41. The maximum atomic E-state index is 11.0. The molecule has 0 amide bonds. The molecule has 3 atom stereocenters. The van der Waals surface area contributed by atoms with E-state index in [0.29, 0.717) is 6.61 Å². The molecule has 18 heavy (non-hydrogen) atoms. The second-order valence-corrected chi connectivity index (χ2v) is 6.09. The van der Waals surface area contributed by atoms with Gasteiger partial charge in [0.1, 0.15) is 5.41 Å². The first-order valence-corrected chi connectivity index (χ1v) is 7.37. The Balaban J connectivity index is 2.15. The van der Waals surface area contributed by atoms with Gasteiger partial charge in [-0.1, -0.05) is 26.2 Å². The van der Waals surface area contributed by atoms with Crippen LogP contribution in [0.25, 0.3) is 0 Å². The van der Waals surface area contributed by atoms with Crippen molar-refractivity contribution < 1.29 is 9.84 Å². The molecular weight excluding hydrogens is 226 g/mol. The number of hydrogen-bond acceptors (Lipinski definition) is 3. The van der Waals surface area contributed by atoms with Gasteiger partial charge < -0.3 is 9.84 Å². The average Bonchev–Trinajstić information content (AvgIpc) is 2.62. The van der Waals surface area contributed by atoms with Gasteiger partial charge in [-0.15, -0.1) is 0 Å². The van der Waals surface area contributed by atoms with E-state index in [1.54, 1.807) is 0 Å². The molecule has 1 aliphatic heterocycles. The Morgan fingerprint density at radius 3 is 2.72 bits per heavy atom. The third-order valence-corrected chi connectivity index (χ3v) is 5.09. The zero-order chi connectivity index (χ0) is 13.1. The van der Waals surface area contributed by atoms with Crippen LogP contribution < -0.4 is 0 Å². The Morgan fingerprint density at radius 1 is 1.28 bits per heavy atom. The molecule has 1 saturated carbocycles. The Labute approximate surface area is 110 Å². The Morgan fingerprint density at radius 2 is 2.11 bits per heavy atom. The fourth-order valence-corrected chi connectivity index (χ4v) is 3.64. The largest absolute Gasteiger partial charge is 0.388 e. The number of hydrogen-bond donors (Lipinski definition) is 1. The normalized spacial score (nSPS) is 41.9. The summed E-state index contributed by atoms with van der Waals surface area (Å²) in [5.41, 5.74) is -1.49. The van der Waals surface area contributed by atoms with Crippen molar-refractivity contribution in [2.45, 2.75) is 63.9 Å². The van der Waals surface area contributed by atoms with Crippen molar-refractivity contribution in [2.75, 3.05) is 13.2 Å². The summed E-state index contributed by atoms with van der Waals surface area (Å²) in [5.74, 6) is 0.722. The quantitative estimate of drug-likeness (QED) is 0.767. The lowest BCUT2D eigenvalue weighted by molar-refractivity contribution is -0.126. The minimum Gasteiger partial charge on any atom is -0.388 e. The van der Waals surface area contributed by atoms with Crippen LogP contribution in [0.2, 0.25) is 0 Å². The van der Waals surface area contributed by atoms with Gasteiger partial charge in [0.2, 0.25) is 0 Å². The number of rotatable bonds is 2. The Kier molecular flexibility index (Phi) is 4.29. The highest BCUT2D eigenvalue weighted by Gasteiger charge is 2.52. The Hall–Kier alpha value is -0.590. The average molecular weight is 251 g/mol. The van der Waals surface area contributed by atoms with Gasteiger partial charge in [0.25, 0.3) is 0 Å². The number of nitriles is 1. The predicted octanol–water partition coefficient (Wildman–Crippen LogP) is 3.03. The van der Waals surface area contributed by atoms with Gasteiger partial charge in [-0.25, -0.2) is 0 Å². The van der Waals surface area contributed by atoms with E-state index in [1.165, 1.54) is 12.8 Å². The first-order valence-electron chi connectivity index (χ1n) is 7.37. The van der Waals surface area contributed by atoms with Gasteiger partial charge in [0, 0.05) is 6.61 Å². The molecule has 0 aromatic heterocycles. The lowest BCUT2D eigenvalue weighted by atomic mass is 9.66. The third-order valence-electron chi connectivity index (χ3n) is 5.09. The van der Waals surface area contributed by atoms with E-state index in [1.807, 2.05) is 0 Å². The smallest absolute Gasteiger partial charge is 0.109 e. The highest BCUT2D eigenvalue weighted by molar-refractivity contribution is 5.13. The lowest BCUT2D eigenvalue weighted by Gasteiger charge is -2.44. The molecule has 0 spiro atoms. The molecule has 2 fully saturated rings. The van der Waals surface area contributed by atoms with Crippen LogP contribution in [0.4, 0.5) is 0 Å². The van der Waals surface area contributed by atoms with Crippen molar-refractivity contribution in [2.24, 2.45) is 11.3 Å². The molecule has 2 aliphatic rings. The van der Waals surface area contributed by atoms with Gasteiger partial charge in [-0.05, 0) is 38.0 Å². The summed E-state index contributed by atoms with van der Waals surface area (Å²) >= 11 is 0. The van der Waals surface area contributed by atoms with E-state index in [-0.39, 0.29) is 0 Å². The second kappa shape index (κ2) is 5.59. The molecule has 1 saturated heterocycles. The first-order chi connectivity index (χ1) is 8.66. The molecule has 2 rings (SSSR count). The molecule has 1 aliphatic carbocycles. The summed E-state index contributed by atoms with van der Waals surface area (Å²) in [6.07, 6.45) is 7.69. The number of nitrogens with zero attached hydrogens (tertiary/aromatic N) is 1. The summed E-state index contributed by atoms with van der Waals surface area (Å²) in [6.45, 7) is 3.37. The molecule has 102 valence electrons. The summed E-state index contributed by atoms with van der Waals surface area (Å²) in [7, 11) is 0. The molecule has 0 aromatic carbocycles. The van der Waals surface area contributed by atoms with Gasteiger partial charge in [0.15, 0.2) is 0 Å². The van der Waals surface area contributed by atoms with Gasteiger partial charge in [0.05, 0.1) is 18.3 Å². The molecule has 1 N–H and O–H groups in total. The molecule has 3 unspecified atom stereocenters. The zero-order valence-corrected chi connectivity index (χ0v) is 11.5. The van der Waals surface area contributed by atoms with E-state index < -0.39 is 11.0 Å². The third kappa shape index (κ3) is 2.41. The molecule has 0 aromatic rings. The van der Waals surface area contributed by atoms with E-state index in [0.717, 1.165) is 51.0 Å². The summed E-state index contributed by atoms with van der Waals surface area (Å²) < 4.78 is 5.51. The molecule has 3 heteroatoms. The van der Waals surface area contributed by atoms with Crippen molar-refractivity contribution in [3.8, 4) is 6.07 Å². The number of aliphatic hydroxyl groups is 1. The Bertz CT molecular complexity index is 317. The van der Waals surface area contributed by atoms with E-state index in [9.17, 15) is 10.4 Å². The first kappa shape index (κ1) is 13.8. The van der Waals surface area contributed by atoms with Crippen LogP contribution in [0.5, 0.6) is 0 Å². The zero-order valence-electron chi connectivity index (χ0n) is 11.5. The van der Waals surface area contributed by atoms with Crippen LogP contribution >= 0.6 is 0 Å². The van der Waals surface area contributed by atoms with Crippen molar-refractivity contribution in [3.05, 3.63) is 0 Å². The van der Waals surface area contributed by atoms with E-state index >= 15 is 0 Å². The number of ether oxygens (including phenoxy) is 1. The standard InChI is InChI=1S/C15H25NO2/c1-2-13-5-3-8-15(17,9-6-13)14(11-16)7-4-10-18-12-14/h13,17H,2-10,12H2,1H3. The maximum Gasteiger partial charge on any atom is 0.109 e.